The van der Waals surface area contributed by atoms with Crippen molar-refractivity contribution in [2.24, 2.45) is 0 Å². The molecule has 0 aliphatic heterocycles. The van der Waals surface area contributed by atoms with Crippen LogP contribution in [0.25, 0.3) is 17.1 Å². The van der Waals surface area contributed by atoms with Gasteiger partial charge in [0.1, 0.15) is 5.82 Å². The van der Waals surface area contributed by atoms with E-state index in [1.165, 1.54) is 24.3 Å². The molecule has 1 unspecified atom stereocenters. The number of aromatic nitrogens is 2. The van der Waals surface area contributed by atoms with Crippen LogP contribution in [0.3, 0.4) is 0 Å². The third kappa shape index (κ3) is 4.11. The molecule has 0 bridgehead atoms. The Morgan fingerprint density at radius 2 is 1.96 bits per heavy atom. The molecule has 2 aromatic carbocycles. The number of hydrogen-bond acceptors (Lipinski definition) is 2. The highest BCUT2D eigenvalue weighted by Crippen LogP contribution is 2.29. The van der Waals surface area contributed by atoms with E-state index in [2.05, 4.69) is 15.3 Å². The summed E-state index contributed by atoms with van der Waals surface area (Å²) in [6, 6.07) is 11.9. The van der Waals surface area contributed by atoms with Gasteiger partial charge in [0, 0.05) is 6.08 Å². The van der Waals surface area contributed by atoms with E-state index in [1.807, 2.05) is 24.3 Å². The number of halogens is 3. The molecular formula is C19H16F3N3O. The molecule has 7 heteroatoms. The van der Waals surface area contributed by atoms with Crippen molar-refractivity contribution in [2.75, 3.05) is 0 Å². The normalized spacial score (nSPS) is 13.2. The number of alkyl halides is 3. The summed E-state index contributed by atoms with van der Waals surface area (Å²) in [4.78, 5) is 19.6. The van der Waals surface area contributed by atoms with Crippen molar-refractivity contribution in [1.82, 2.24) is 15.3 Å². The summed E-state index contributed by atoms with van der Waals surface area (Å²) < 4.78 is 38.1. The third-order valence-electron chi connectivity index (χ3n) is 3.82. The topological polar surface area (TPSA) is 57.8 Å². The lowest BCUT2D eigenvalue weighted by atomic mass is 10.1. The van der Waals surface area contributed by atoms with Crippen LogP contribution in [0.15, 0.2) is 54.6 Å². The molecule has 4 nitrogen and oxygen atoms in total. The molecule has 3 aromatic rings. The Bertz CT molecular complexity index is 927. The Morgan fingerprint density at radius 3 is 2.69 bits per heavy atom. The maximum Gasteiger partial charge on any atom is 0.416 e. The Morgan fingerprint density at radius 1 is 1.19 bits per heavy atom. The zero-order chi connectivity index (χ0) is 18.7. The van der Waals surface area contributed by atoms with Crippen LogP contribution in [-0.2, 0) is 11.0 Å². The lowest BCUT2D eigenvalue weighted by Crippen LogP contribution is -2.25. The predicted octanol–water partition coefficient (Wildman–Crippen LogP) is 4.47. The van der Waals surface area contributed by atoms with Gasteiger partial charge < -0.3 is 10.3 Å². The van der Waals surface area contributed by atoms with Gasteiger partial charge in [-0.3, -0.25) is 4.79 Å². The predicted molar refractivity (Wildman–Crippen MR) is 93.1 cm³/mol. The number of amides is 1. The Kier molecular flexibility index (Phi) is 4.79. The summed E-state index contributed by atoms with van der Waals surface area (Å²) in [6.07, 6.45) is -1.87. The van der Waals surface area contributed by atoms with Crippen molar-refractivity contribution < 1.29 is 18.0 Å². The molecular weight excluding hydrogens is 343 g/mol. The van der Waals surface area contributed by atoms with Crippen molar-refractivity contribution in [1.29, 1.82) is 0 Å². The van der Waals surface area contributed by atoms with Crippen LogP contribution in [0.2, 0.25) is 0 Å². The molecule has 1 amide bonds. The van der Waals surface area contributed by atoms with E-state index in [9.17, 15) is 18.0 Å². The molecule has 1 aromatic heterocycles. The van der Waals surface area contributed by atoms with Crippen LogP contribution in [0.5, 0.6) is 0 Å². The number of imidazole rings is 1. The first-order valence-corrected chi connectivity index (χ1v) is 7.93. The minimum atomic E-state index is -4.41. The van der Waals surface area contributed by atoms with Crippen molar-refractivity contribution in [3.05, 3.63) is 71.6 Å². The molecule has 0 radical (unpaired) electrons. The van der Waals surface area contributed by atoms with Crippen LogP contribution in [0.1, 0.15) is 29.9 Å². The second-order valence-electron chi connectivity index (χ2n) is 5.83. The summed E-state index contributed by atoms with van der Waals surface area (Å²) in [6.45, 7) is 1.77. The molecule has 1 atom stereocenters. The van der Waals surface area contributed by atoms with Crippen LogP contribution in [0, 0.1) is 0 Å². The number of H-pyrrole nitrogens is 1. The van der Waals surface area contributed by atoms with Gasteiger partial charge in [0.2, 0.25) is 5.91 Å². The third-order valence-corrected chi connectivity index (χ3v) is 3.82. The van der Waals surface area contributed by atoms with E-state index in [0.717, 1.165) is 23.2 Å². The summed E-state index contributed by atoms with van der Waals surface area (Å²) in [5.74, 6) is 0.183. The molecule has 0 spiro atoms. The first kappa shape index (κ1) is 17.7. The number of hydrogen-bond donors (Lipinski definition) is 2. The molecule has 26 heavy (non-hydrogen) atoms. The van der Waals surface area contributed by atoms with Gasteiger partial charge in [0.25, 0.3) is 0 Å². The number of carbonyl (C=O) groups is 1. The van der Waals surface area contributed by atoms with Crippen LogP contribution in [-0.4, -0.2) is 15.9 Å². The Labute approximate surface area is 147 Å². The fraction of sp³-hybridized carbons (Fsp3) is 0.158. The molecule has 0 aliphatic rings. The van der Waals surface area contributed by atoms with Gasteiger partial charge in [-0.25, -0.2) is 4.98 Å². The monoisotopic (exact) mass is 359 g/mol. The second kappa shape index (κ2) is 7.03. The van der Waals surface area contributed by atoms with Crippen molar-refractivity contribution in [3.63, 3.8) is 0 Å². The van der Waals surface area contributed by atoms with Gasteiger partial charge >= 0.3 is 6.18 Å². The van der Waals surface area contributed by atoms with Gasteiger partial charge in [0.05, 0.1) is 22.6 Å². The van der Waals surface area contributed by atoms with E-state index in [4.69, 9.17) is 0 Å². The van der Waals surface area contributed by atoms with Gasteiger partial charge in [-0.15, -0.1) is 0 Å². The quantitative estimate of drug-likeness (QED) is 0.675. The minimum Gasteiger partial charge on any atom is -0.343 e. The number of aromatic amines is 1. The molecule has 2 N–H and O–H groups in total. The van der Waals surface area contributed by atoms with Crippen LogP contribution < -0.4 is 5.32 Å². The molecule has 1 heterocycles. The molecule has 0 saturated carbocycles. The van der Waals surface area contributed by atoms with Gasteiger partial charge in [-0.2, -0.15) is 13.2 Å². The van der Waals surface area contributed by atoms with E-state index in [1.54, 1.807) is 6.92 Å². The summed E-state index contributed by atoms with van der Waals surface area (Å²) in [5, 5.41) is 2.73. The fourth-order valence-corrected chi connectivity index (χ4v) is 2.50. The number of nitrogens with zero attached hydrogens (tertiary/aromatic N) is 1. The molecule has 134 valence electrons. The van der Waals surface area contributed by atoms with Crippen LogP contribution >= 0.6 is 0 Å². The second-order valence-corrected chi connectivity index (χ2v) is 5.83. The lowest BCUT2D eigenvalue weighted by molar-refractivity contribution is -0.137. The number of benzene rings is 2. The standard InChI is InChI=1S/C19H16F3N3O/c1-12(18-24-15-7-2-3-8-16(15)25-18)23-17(26)10-9-13-5-4-6-14(11-13)19(20,21)22/h2-12H,1H3,(H,23,26)(H,24,25). The van der Waals surface area contributed by atoms with Crippen LogP contribution in [0.4, 0.5) is 13.2 Å². The molecule has 3 rings (SSSR count). The number of para-hydroxylation sites is 2. The number of nitrogens with one attached hydrogen (secondary N) is 2. The smallest absolute Gasteiger partial charge is 0.343 e. The average molecular weight is 359 g/mol. The molecule has 0 aliphatic carbocycles. The highest BCUT2D eigenvalue weighted by molar-refractivity contribution is 5.92. The first-order valence-electron chi connectivity index (χ1n) is 7.93. The SMILES string of the molecule is CC(NC(=O)C=Cc1cccc(C(F)(F)F)c1)c1nc2ccccc2[nH]1. The highest BCUT2D eigenvalue weighted by Gasteiger charge is 2.30. The van der Waals surface area contributed by atoms with E-state index in [-0.39, 0.29) is 6.04 Å². The average Bonchev–Trinajstić information content (AvgIpc) is 3.04. The summed E-state index contributed by atoms with van der Waals surface area (Å²) in [7, 11) is 0. The Balaban J connectivity index is 1.67. The zero-order valence-corrected chi connectivity index (χ0v) is 13.8. The van der Waals surface area contributed by atoms with Crippen molar-refractivity contribution in [3.8, 4) is 0 Å². The largest absolute Gasteiger partial charge is 0.416 e. The number of rotatable bonds is 4. The first-order chi connectivity index (χ1) is 12.3. The van der Waals surface area contributed by atoms with E-state index in [0.29, 0.717) is 11.4 Å². The Hall–Kier alpha value is -3.09. The fourth-order valence-electron chi connectivity index (χ4n) is 2.50. The van der Waals surface area contributed by atoms with Crippen molar-refractivity contribution >= 4 is 23.0 Å². The molecule has 0 saturated heterocycles. The maximum atomic E-state index is 12.7. The van der Waals surface area contributed by atoms with Gasteiger partial charge in [-0.05, 0) is 42.8 Å². The minimum absolute atomic E-state index is 0.298. The van der Waals surface area contributed by atoms with Crippen molar-refractivity contribution in [2.45, 2.75) is 19.1 Å². The maximum absolute atomic E-state index is 12.7. The van der Waals surface area contributed by atoms with E-state index >= 15 is 0 Å². The molecule has 0 fully saturated rings. The highest BCUT2D eigenvalue weighted by atomic mass is 19.4. The number of carbonyl (C=O) groups excluding carboxylic acids is 1. The zero-order valence-electron chi connectivity index (χ0n) is 13.8. The summed E-state index contributed by atoms with van der Waals surface area (Å²) in [5.41, 5.74) is 1.20. The number of fused-ring (bicyclic) bond motifs is 1. The van der Waals surface area contributed by atoms with Gasteiger partial charge in [0.15, 0.2) is 0 Å². The van der Waals surface area contributed by atoms with E-state index < -0.39 is 17.6 Å². The van der Waals surface area contributed by atoms with Gasteiger partial charge in [-0.1, -0.05) is 24.3 Å². The summed E-state index contributed by atoms with van der Waals surface area (Å²) >= 11 is 0. The lowest BCUT2D eigenvalue weighted by Gasteiger charge is -2.09.